The summed E-state index contributed by atoms with van der Waals surface area (Å²) in [5, 5.41) is 10.0. The molecule has 1 aromatic heterocycles. The van der Waals surface area contributed by atoms with Gasteiger partial charge in [0.25, 0.3) is 0 Å². The highest BCUT2D eigenvalue weighted by Gasteiger charge is 2.35. The maximum absolute atomic E-state index is 10.0. The molecule has 0 aliphatic carbocycles. The summed E-state index contributed by atoms with van der Waals surface area (Å²) < 4.78 is 2.16. The highest BCUT2D eigenvalue weighted by atomic mass is 16.3. The number of imidazole rings is 1. The first-order valence-corrected chi connectivity index (χ1v) is 5.21. The summed E-state index contributed by atoms with van der Waals surface area (Å²) in [6.45, 7) is 6.88. The van der Waals surface area contributed by atoms with E-state index in [2.05, 4.69) is 16.5 Å². The topological polar surface area (TPSA) is 38.0 Å². The second-order valence-corrected chi connectivity index (χ2v) is 4.94. The summed E-state index contributed by atoms with van der Waals surface area (Å²) in [5.41, 5.74) is -0.596. The second-order valence-electron chi connectivity index (χ2n) is 4.94. The monoisotopic (exact) mass is 194 g/mol. The minimum Gasteiger partial charge on any atom is -0.390 e. The fourth-order valence-corrected chi connectivity index (χ4v) is 2.44. The zero-order valence-electron chi connectivity index (χ0n) is 9.07. The van der Waals surface area contributed by atoms with E-state index in [-0.39, 0.29) is 0 Å². The Kier molecular flexibility index (Phi) is 2.14. The van der Waals surface area contributed by atoms with Crippen LogP contribution in [0.3, 0.4) is 0 Å². The van der Waals surface area contributed by atoms with Gasteiger partial charge in [0.2, 0.25) is 0 Å². The number of nitrogens with zero attached hydrogens (tertiary/aromatic N) is 2. The van der Waals surface area contributed by atoms with Gasteiger partial charge in [0, 0.05) is 31.3 Å². The molecule has 1 aromatic rings. The molecule has 0 aromatic carbocycles. The highest BCUT2D eigenvalue weighted by molar-refractivity contribution is 5.01. The lowest BCUT2D eigenvalue weighted by Gasteiger charge is -2.37. The maximum atomic E-state index is 10.0. The molecule has 2 heterocycles. The third-order valence-corrected chi connectivity index (χ3v) is 3.29. The van der Waals surface area contributed by atoms with Gasteiger partial charge in [-0.25, -0.2) is 4.98 Å². The smallest absolute Gasteiger partial charge is 0.108 e. The summed E-state index contributed by atoms with van der Waals surface area (Å²) in [6.07, 6.45) is 4.82. The predicted molar refractivity (Wildman–Crippen MR) is 54.9 cm³/mol. The van der Waals surface area contributed by atoms with Gasteiger partial charge in [0.1, 0.15) is 5.82 Å². The molecule has 0 amide bonds. The molecule has 0 radical (unpaired) electrons. The predicted octanol–water partition coefficient (Wildman–Crippen LogP) is 1.46. The average Bonchev–Trinajstić information content (AvgIpc) is 2.47. The van der Waals surface area contributed by atoms with Crippen molar-refractivity contribution in [3.8, 4) is 0 Å². The van der Waals surface area contributed by atoms with Crippen molar-refractivity contribution in [1.82, 2.24) is 9.55 Å². The van der Waals surface area contributed by atoms with Gasteiger partial charge >= 0.3 is 0 Å². The summed E-state index contributed by atoms with van der Waals surface area (Å²) in [5.74, 6) is 1.98. The molecule has 0 fully saturated rings. The first-order valence-electron chi connectivity index (χ1n) is 5.21. The van der Waals surface area contributed by atoms with E-state index in [1.54, 1.807) is 0 Å². The quantitative estimate of drug-likeness (QED) is 0.735. The zero-order chi connectivity index (χ0) is 10.3. The normalized spacial score (nSPS) is 27.4. The number of aromatic nitrogens is 2. The molecule has 1 aliphatic rings. The first kappa shape index (κ1) is 9.71. The van der Waals surface area contributed by atoms with E-state index in [0.29, 0.717) is 11.8 Å². The second kappa shape index (κ2) is 3.09. The molecule has 1 N–H and O–H groups in total. The van der Waals surface area contributed by atoms with Crippen molar-refractivity contribution in [3.05, 3.63) is 18.2 Å². The van der Waals surface area contributed by atoms with Crippen molar-refractivity contribution >= 4 is 0 Å². The summed E-state index contributed by atoms with van der Waals surface area (Å²) in [4.78, 5) is 4.31. The van der Waals surface area contributed by atoms with Crippen LogP contribution in [0.4, 0.5) is 0 Å². The maximum Gasteiger partial charge on any atom is 0.108 e. The number of hydrogen-bond donors (Lipinski definition) is 1. The van der Waals surface area contributed by atoms with Crippen LogP contribution in [0.15, 0.2) is 12.4 Å². The van der Waals surface area contributed by atoms with Crippen molar-refractivity contribution in [2.75, 3.05) is 0 Å². The summed E-state index contributed by atoms with van der Waals surface area (Å²) in [6, 6.07) is 0. The molecule has 2 atom stereocenters. The Labute approximate surface area is 84.8 Å². The Hall–Kier alpha value is -0.830. The van der Waals surface area contributed by atoms with Gasteiger partial charge in [-0.2, -0.15) is 0 Å². The molecule has 3 nitrogen and oxygen atoms in total. The number of fused-ring (bicyclic) bond motifs is 1. The molecular weight excluding hydrogens is 176 g/mol. The van der Waals surface area contributed by atoms with Gasteiger partial charge in [-0.05, 0) is 19.8 Å². The van der Waals surface area contributed by atoms with E-state index >= 15 is 0 Å². The lowest BCUT2D eigenvalue weighted by atomic mass is 9.77. The van der Waals surface area contributed by atoms with Gasteiger partial charge in [0.05, 0.1) is 5.60 Å². The summed E-state index contributed by atoms with van der Waals surface area (Å²) >= 11 is 0. The molecular formula is C11H18N2O. The molecule has 14 heavy (non-hydrogen) atoms. The minimum atomic E-state index is -0.596. The van der Waals surface area contributed by atoms with Crippen LogP contribution in [0.1, 0.15) is 26.6 Å². The lowest BCUT2D eigenvalue weighted by molar-refractivity contribution is -0.0222. The Bertz CT molecular complexity index is 324. The van der Waals surface area contributed by atoms with Gasteiger partial charge in [0.15, 0.2) is 0 Å². The zero-order valence-corrected chi connectivity index (χ0v) is 9.07. The van der Waals surface area contributed by atoms with E-state index in [0.717, 1.165) is 18.8 Å². The highest BCUT2D eigenvalue weighted by Crippen LogP contribution is 2.32. The Morgan fingerprint density at radius 1 is 1.57 bits per heavy atom. The molecule has 0 spiro atoms. The van der Waals surface area contributed by atoms with Crippen molar-refractivity contribution < 1.29 is 5.11 Å². The first-order chi connectivity index (χ1) is 6.48. The van der Waals surface area contributed by atoms with Crippen LogP contribution in [0, 0.1) is 11.8 Å². The van der Waals surface area contributed by atoms with Crippen LogP contribution in [-0.2, 0) is 13.0 Å². The molecule has 3 heteroatoms. The Morgan fingerprint density at radius 3 is 2.93 bits per heavy atom. The minimum absolute atomic E-state index is 0.323. The molecule has 1 aliphatic heterocycles. The molecule has 2 unspecified atom stereocenters. The van der Waals surface area contributed by atoms with Crippen LogP contribution in [-0.4, -0.2) is 20.3 Å². The lowest BCUT2D eigenvalue weighted by Crippen LogP contribution is -2.42. The molecule has 0 bridgehead atoms. The van der Waals surface area contributed by atoms with Gasteiger partial charge in [-0.15, -0.1) is 0 Å². The molecule has 78 valence electrons. The number of rotatable bonds is 1. The van der Waals surface area contributed by atoms with Crippen LogP contribution in [0.25, 0.3) is 0 Å². The van der Waals surface area contributed by atoms with E-state index < -0.39 is 5.60 Å². The standard InChI is InChI=1S/C11H18N2O/c1-8-6-10-12-4-5-13(10)7-9(8)11(2,3)14/h4-5,8-9,14H,6-7H2,1-3H3. The van der Waals surface area contributed by atoms with Gasteiger partial charge < -0.3 is 9.67 Å². The average molecular weight is 194 g/mol. The molecule has 2 rings (SSSR count). The number of hydrogen-bond acceptors (Lipinski definition) is 2. The fourth-order valence-electron chi connectivity index (χ4n) is 2.44. The third-order valence-electron chi connectivity index (χ3n) is 3.29. The van der Waals surface area contributed by atoms with E-state index in [4.69, 9.17) is 0 Å². The third kappa shape index (κ3) is 1.57. The fraction of sp³-hybridized carbons (Fsp3) is 0.727. The summed E-state index contributed by atoms with van der Waals surface area (Å²) in [7, 11) is 0. The SMILES string of the molecule is CC1Cc2nccn2CC1C(C)(C)O. The largest absolute Gasteiger partial charge is 0.390 e. The van der Waals surface area contributed by atoms with E-state index in [1.807, 2.05) is 26.2 Å². The Morgan fingerprint density at radius 2 is 2.29 bits per heavy atom. The molecule has 0 saturated heterocycles. The van der Waals surface area contributed by atoms with Crippen LogP contribution >= 0.6 is 0 Å². The van der Waals surface area contributed by atoms with Crippen LogP contribution < -0.4 is 0 Å². The van der Waals surface area contributed by atoms with Crippen LogP contribution in [0.5, 0.6) is 0 Å². The van der Waals surface area contributed by atoms with Crippen molar-refractivity contribution in [2.24, 2.45) is 11.8 Å². The van der Waals surface area contributed by atoms with E-state index in [1.165, 1.54) is 0 Å². The van der Waals surface area contributed by atoms with Crippen molar-refractivity contribution in [3.63, 3.8) is 0 Å². The molecule has 0 saturated carbocycles. The van der Waals surface area contributed by atoms with Gasteiger partial charge in [-0.1, -0.05) is 6.92 Å². The van der Waals surface area contributed by atoms with Crippen LogP contribution in [0.2, 0.25) is 0 Å². The van der Waals surface area contributed by atoms with E-state index in [9.17, 15) is 5.11 Å². The Balaban J connectivity index is 2.26. The van der Waals surface area contributed by atoms with Crippen molar-refractivity contribution in [2.45, 2.75) is 39.3 Å². The number of aliphatic hydroxyl groups is 1. The van der Waals surface area contributed by atoms with Crippen molar-refractivity contribution in [1.29, 1.82) is 0 Å². The van der Waals surface area contributed by atoms with Gasteiger partial charge in [-0.3, -0.25) is 0 Å².